The molecule has 2 amide bonds. The molecule has 0 radical (unpaired) electrons. The minimum Gasteiger partial charge on any atom is -0.493 e. The number of nitrogens with zero attached hydrogens (tertiary/aromatic N) is 3. The van der Waals surface area contributed by atoms with Gasteiger partial charge in [-0.3, -0.25) is 34.7 Å². The molecular weight excluding hydrogens is 509 g/mol. The van der Waals surface area contributed by atoms with Gasteiger partial charge >= 0.3 is 5.69 Å². The molecule has 3 aromatic carbocycles. The zero-order chi connectivity index (χ0) is 26.7. The van der Waals surface area contributed by atoms with Crippen LogP contribution >= 0.6 is 11.8 Å². The lowest BCUT2D eigenvalue weighted by Gasteiger charge is -2.13. The first-order chi connectivity index (χ1) is 17.7. The van der Waals surface area contributed by atoms with Crippen molar-refractivity contribution in [3.05, 3.63) is 103 Å². The van der Waals surface area contributed by atoms with Crippen LogP contribution in [0.5, 0.6) is 17.2 Å². The van der Waals surface area contributed by atoms with Gasteiger partial charge in [-0.05, 0) is 47.7 Å². The summed E-state index contributed by atoms with van der Waals surface area (Å²) in [5.74, 6) is -1.13. The number of nitro benzene ring substituents is 2. The molecule has 37 heavy (non-hydrogen) atoms. The van der Waals surface area contributed by atoms with Crippen molar-refractivity contribution in [1.29, 1.82) is 0 Å². The zero-order valence-electron chi connectivity index (χ0n) is 19.0. The second kappa shape index (κ2) is 10.5. The van der Waals surface area contributed by atoms with Crippen LogP contribution in [-0.4, -0.2) is 33.0 Å². The lowest BCUT2D eigenvalue weighted by molar-refractivity contribution is -0.394. The number of thioether (sulfide) groups is 1. The maximum absolute atomic E-state index is 14.0. The summed E-state index contributed by atoms with van der Waals surface area (Å²) in [7, 11) is 1.33. The Hall–Kier alpha value is -4.78. The molecule has 0 saturated carbocycles. The molecule has 1 heterocycles. The third-order valence-electron chi connectivity index (χ3n) is 5.22. The summed E-state index contributed by atoms with van der Waals surface area (Å²) in [5, 5.41) is 21.8. The van der Waals surface area contributed by atoms with Gasteiger partial charge in [-0.15, -0.1) is 0 Å². The van der Waals surface area contributed by atoms with Crippen molar-refractivity contribution in [2.75, 3.05) is 7.11 Å². The van der Waals surface area contributed by atoms with E-state index in [-0.39, 0.29) is 34.3 Å². The standard InChI is InChI=1S/C24H16FN3O8S/c1-35-21-10-14(6-8-20(21)36-19-9-7-16(27(31)32)12-18(19)28(33)34)11-22-23(29)26(24(30)37-22)13-15-4-2-3-5-17(15)25/h2-12H,13H2,1H3/b22-11-. The average molecular weight is 525 g/mol. The minimum atomic E-state index is -0.805. The number of non-ortho nitro benzene ring substituents is 1. The number of methoxy groups -OCH3 is 1. The molecule has 13 heteroatoms. The molecule has 0 unspecified atom stereocenters. The predicted octanol–water partition coefficient (Wildman–Crippen LogP) is 5.68. The Kier molecular flexibility index (Phi) is 7.15. The molecule has 11 nitrogen and oxygen atoms in total. The Labute approximate surface area is 212 Å². The number of hydrogen-bond donors (Lipinski definition) is 0. The summed E-state index contributed by atoms with van der Waals surface area (Å²) in [6.45, 7) is -0.210. The smallest absolute Gasteiger partial charge is 0.318 e. The van der Waals surface area contributed by atoms with E-state index in [1.807, 2.05) is 0 Å². The molecule has 0 N–H and O–H groups in total. The van der Waals surface area contributed by atoms with Gasteiger partial charge in [0.1, 0.15) is 5.82 Å². The monoisotopic (exact) mass is 525 g/mol. The third kappa shape index (κ3) is 5.41. The van der Waals surface area contributed by atoms with Crippen LogP contribution < -0.4 is 9.47 Å². The minimum absolute atomic E-state index is 0.0734. The number of halogens is 1. The predicted molar refractivity (Wildman–Crippen MR) is 131 cm³/mol. The highest BCUT2D eigenvalue weighted by Crippen LogP contribution is 2.39. The Morgan fingerprint density at radius 1 is 0.973 bits per heavy atom. The number of rotatable bonds is 8. The molecule has 188 valence electrons. The van der Waals surface area contributed by atoms with E-state index in [0.717, 1.165) is 23.1 Å². The van der Waals surface area contributed by atoms with E-state index < -0.39 is 38.2 Å². The summed E-state index contributed by atoms with van der Waals surface area (Å²) < 4.78 is 24.9. The van der Waals surface area contributed by atoms with Crippen LogP contribution in [0.3, 0.4) is 0 Å². The molecule has 0 bridgehead atoms. The SMILES string of the molecule is COc1cc(/C=C2\SC(=O)N(Cc3ccccc3F)C2=O)ccc1Oc1ccc([N+](=O)[O-])cc1[N+](=O)[O-]. The van der Waals surface area contributed by atoms with E-state index in [9.17, 15) is 34.2 Å². The highest BCUT2D eigenvalue weighted by Gasteiger charge is 2.35. The normalized spacial score (nSPS) is 14.2. The first-order valence-electron chi connectivity index (χ1n) is 10.5. The number of nitro groups is 2. The summed E-state index contributed by atoms with van der Waals surface area (Å²) >= 11 is 0.705. The number of imide groups is 1. The highest BCUT2D eigenvalue weighted by atomic mass is 32.2. The van der Waals surface area contributed by atoms with E-state index >= 15 is 0 Å². The number of benzene rings is 3. The van der Waals surface area contributed by atoms with Crippen LogP contribution in [0.1, 0.15) is 11.1 Å². The van der Waals surface area contributed by atoms with Crippen molar-refractivity contribution in [3.8, 4) is 17.2 Å². The van der Waals surface area contributed by atoms with E-state index in [1.165, 1.54) is 49.6 Å². The lowest BCUT2D eigenvalue weighted by atomic mass is 10.1. The van der Waals surface area contributed by atoms with Crippen LogP contribution in [0, 0.1) is 26.0 Å². The van der Waals surface area contributed by atoms with Crippen LogP contribution in [0.2, 0.25) is 0 Å². The van der Waals surface area contributed by atoms with Gasteiger partial charge in [0, 0.05) is 11.6 Å². The highest BCUT2D eigenvalue weighted by molar-refractivity contribution is 8.18. The first-order valence-corrected chi connectivity index (χ1v) is 11.3. The average Bonchev–Trinajstić information content (AvgIpc) is 3.13. The van der Waals surface area contributed by atoms with Gasteiger partial charge in [0.25, 0.3) is 16.8 Å². The molecule has 0 atom stereocenters. The number of carbonyl (C=O) groups is 2. The summed E-state index contributed by atoms with van der Waals surface area (Å²) in [6, 6.07) is 13.2. The van der Waals surface area contributed by atoms with Gasteiger partial charge in [0.15, 0.2) is 11.5 Å². The fourth-order valence-electron chi connectivity index (χ4n) is 3.41. The third-order valence-corrected chi connectivity index (χ3v) is 6.12. The number of amides is 2. The van der Waals surface area contributed by atoms with Gasteiger partial charge in [0.05, 0.1) is 34.5 Å². The lowest BCUT2D eigenvalue weighted by Crippen LogP contribution is -2.27. The fraction of sp³-hybridized carbons (Fsp3) is 0.0833. The van der Waals surface area contributed by atoms with Crippen molar-refractivity contribution in [2.45, 2.75) is 6.54 Å². The second-order valence-electron chi connectivity index (χ2n) is 7.54. The number of carbonyl (C=O) groups excluding carboxylic acids is 2. The van der Waals surface area contributed by atoms with Crippen LogP contribution in [0.15, 0.2) is 65.6 Å². The van der Waals surface area contributed by atoms with Crippen molar-refractivity contribution < 1.29 is 33.3 Å². The molecule has 1 fully saturated rings. The van der Waals surface area contributed by atoms with E-state index in [0.29, 0.717) is 17.3 Å². The molecule has 3 aromatic rings. The Morgan fingerprint density at radius 3 is 2.38 bits per heavy atom. The van der Waals surface area contributed by atoms with Crippen LogP contribution in [-0.2, 0) is 11.3 Å². The Bertz CT molecular complexity index is 1480. The first kappa shape index (κ1) is 25.3. The van der Waals surface area contributed by atoms with E-state index in [1.54, 1.807) is 6.07 Å². The Morgan fingerprint density at radius 2 is 1.70 bits per heavy atom. The van der Waals surface area contributed by atoms with Crippen LogP contribution in [0.4, 0.5) is 20.6 Å². The molecule has 1 saturated heterocycles. The van der Waals surface area contributed by atoms with Crippen molar-refractivity contribution in [2.24, 2.45) is 0 Å². The summed E-state index contributed by atoms with van der Waals surface area (Å²) in [6.07, 6.45) is 1.45. The van der Waals surface area contributed by atoms with Crippen LogP contribution in [0.25, 0.3) is 6.08 Å². The summed E-state index contributed by atoms with van der Waals surface area (Å²) in [5.41, 5.74) is -0.414. The maximum atomic E-state index is 14.0. The molecular formula is C24H16FN3O8S. The number of ether oxygens (including phenoxy) is 2. The van der Waals surface area contributed by atoms with Crippen molar-refractivity contribution in [3.63, 3.8) is 0 Å². The number of hydrogen-bond acceptors (Lipinski definition) is 9. The quantitative estimate of drug-likeness (QED) is 0.206. The fourth-order valence-corrected chi connectivity index (χ4v) is 4.25. The topological polar surface area (TPSA) is 142 Å². The van der Waals surface area contributed by atoms with Gasteiger partial charge < -0.3 is 9.47 Å². The molecule has 0 spiro atoms. The maximum Gasteiger partial charge on any atom is 0.318 e. The van der Waals surface area contributed by atoms with Gasteiger partial charge in [0.2, 0.25) is 5.75 Å². The second-order valence-corrected chi connectivity index (χ2v) is 8.53. The van der Waals surface area contributed by atoms with E-state index in [2.05, 4.69) is 0 Å². The van der Waals surface area contributed by atoms with E-state index in [4.69, 9.17) is 9.47 Å². The molecule has 0 aliphatic carbocycles. The summed E-state index contributed by atoms with van der Waals surface area (Å²) in [4.78, 5) is 47.0. The van der Waals surface area contributed by atoms with Gasteiger partial charge in [-0.25, -0.2) is 4.39 Å². The zero-order valence-corrected chi connectivity index (χ0v) is 19.8. The Balaban J connectivity index is 1.58. The largest absolute Gasteiger partial charge is 0.493 e. The molecule has 0 aromatic heterocycles. The van der Waals surface area contributed by atoms with Crippen molar-refractivity contribution in [1.82, 2.24) is 4.90 Å². The van der Waals surface area contributed by atoms with Gasteiger partial charge in [-0.2, -0.15) is 0 Å². The molecule has 1 aliphatic heterocycles. The van der Waals surface area contributed by atoms with Gasteiger partial charge in [-0.1, -0.05) is 24.3 Å². The molecule has 4 rings (SSSR count). The van der Waals surface area contributed by atoms with Crippen molar-refractivity contribution >= 4 is 40.4 Å². The molecule has 1 aliphatic rings.